The van der Waals surface area contributed by atoms with Crippen molar-refractivity contribution < 1.29 is 0 Å². The maximum Gasteiger partial charge on any atom is 0.219 e. The number of hydrogen-bond donors (Lipinski definition) is 2. The molecule has 10 heteroatoms. The number of rotatable bonds is 5. The van der Waals surface area contributed by atoms with Gasteiger partial charge >= 0.3 is 0 Å². The molecule has 0 radical (unpaired) electrons. The van der Waals surface area contributed by atoms with Crippen molar-refractivity contribution in [3.05, 3.63) is 61.2 Å². The van der Waals surface area contributed by atoms with Gasteiger partial charge in [-0.1, -0.05) is 6.07 Å². The SMILES string of the molecule is Nc1ncc(-c2ccc(C3(n4cnc(-c5cnc(N6CCNCC6)cn5)c4)CCC3)cn2)cn1. The number of piperazine rings is 1. The number of aromatic nitrogens is 7. The van der Waals surface area contributed by atoms with E-state index in [1.807, 2.05) is 31.0 Å². The first-order valence-corrected chi connectivity index (χ1v) is 11.6. The summed E-state index contributed by atoms with van der Waals surface area (Å²) in [6.07, 6.45) is 16.3. The third kappa shape index (κ3) is 3.65. The number of pyridine rings is 1. The molecular formula is C24H26N10. The molecule has 34 heavy (non-hydrogen) atoms. The molecule has 4 aromatic rings. The van der Waals surface area contributed by atoms with Crippen molar-refractivity contribution >= 4 is 11.8 Å². The lowest BCUT2D eigenvalue weighted by Crippen LogP contribution is -2.43. The Morgan fingerprint density at radius 2 is 1.59 bits per heavy atom. The van der Waals surface area contributed by atoms with Crippen molar-refractivity contribution in [2.75, 3.05) is 36.8 Å². The minimum absolute atomic E-state index is 0.136. The van der Waals surface area contributed by atoms with Crippen LogP contribution in [0.25, 0.3) is 22.6 Å². The van der Waals surface area contributed by atoms with Crippen LogP contribution in [0.15, 0.2) is 55.6 Å². The summed E-state index contributed by atoms with van der Waals surface area (Å²) in [5.74, 6) is 1.17. The number of nitrogen functional groups attached to an aromatic ring is 1. The minimum Gasteiger partial charge on any atom is -0.368 e. The lowest BCUT2D eigenvalue weighted by molar-refractivity contribution is 0.196. The molecule has 172 valence electrons. The molecule has 0 atom stereocenters. The highest BCUT2D eigenvalue weighted by Gasteiger charge is 2.41. The molecule has 1 saturated heterocycles. The highest BCUT2D eigenvalue weighted by molar-refractivity contribution is 5.58. The molecule has 4 aromatic heterocycles. The summed E-state index contributed by atoms with van der Waals surface area (Å²) in [4.78, 5) is 29.0. The molecule has 0 bridgehead atoms. The predicted octanol–water partition coefficient (Wildman–Crippen LogP) is 2.11. The van der Waals surface area contributed by atoms with Gasteiger partial charge in [-0.05, 0) is 30.9 Å². The van der Waals surface area contributed by atoms with E-state index in [1.54, 1.807) is 12.4 Å². The number of nitrogens with one attached hydrogen (secondary N) is 1. The van der Waals surface area contributed by atoms with Gasteiger partial charge in [0, 0.05) is 56.5 Å². The molecule has 2 fully saturated rings. The van der Waals surface area contributed by atoms with Crippen molar-refractivity contribution in [3.8, 4) is 22.6 Å². The van der Waals surface area contributed by atoms with E-state index in [1.165, 1.54) is 12.0 Å². The van der Waals surface area contributed by atoms with Crippen LogP contribution in [0.4, 0.5) is 11.8 Å². The summed E-state index contributed by atoms with van der Waals surface area (Å²) < 4.78 is 2.21. The van der Waals surface area contributed by atoms with E-state index in [4.69, 9.17) is 5.73 Å². The van der Waals surface area contributed by atoms with Crippen LogP contribution in [0, 0.1) is 0 Å². The quantitative estimate of drug-likeness (QED) is 0.466. The predicted molar refractivity (Wildman–Crippen MR) is 129 cm³/mol. The summed E-state index contributed by atoms with van der Waals surface area (Å²) in [6, 6.07) is 4.15. The molecule has 3 N–H and O–H groups in total. The molecule has 6 rings (SSSR count). The summed E-state index contributed by atoms with van der Waals surface area (Å²) >= 11 is 0. The zero-order chi connectivity index (χ0) is 23.0. The first-order valence-electron chi connectivity index (χ1n) is 11.6. The summed E-state index contributed by atoms with van der Waals surface area (Å²) in [7, 11) is 0. The number of nitrogens with two attached hydrogens (primary N) is 1. The molecule has 0 spiro atoms. The molecule has 2 aliphatic rings. The third-order valence-electron chi connectivity index (χ3n) is 6.87. The molecule has 0 unspecified atom stereocenters. The highest BCUT2D eigenvalue weighted by Crippen LogP contribution is 2.45. The number of anilines is 2. The molecule has 1 aliphatic carbocycles. The van der Waals surface area contributed by atoms with Crippen LogP contribution >= 0.6 is 0 Å². The van der Waals surface area contributed by atoms with Gasteiger partial charge < -0.3 is 20.5 Å². The second kappa shape index (κ2) is 8.45. The smallest absolute Gasteiger partial charge is 0.219 e. The van der Waals surface area contributed by atoms with Gasteiger partial charge in [-0.25, -0.2) is 24.9 Å². The van der Waals surface area contributed by atoms with Gasteiger partial charge in [0.2, 0.25) is 5.95 Å². The lowest BCUT2D eigenvalue weighted by atomic mass is 9.72. The zero-order valence-corrected chi connectivity index (χ0v) is 18.8. The average Bonchev–Trinajstić information content (AvgIpc) is 3.35. The Balaban J connectivity index is 1.24. The Morgan fingerprint density at radius 1 is 0.794 bits per heavy atom. The van der Waals surface area contributed by atoms with Crippen LogP contribution in [-0.2, 0) is 5.54 Å². The third-order valence-corrected chi connectivity index (χ3v) is 6.87. The van der Waals surface area contributed by atoms with Crippen LogP contribution in [0.3, 0.4) is 0 Å². The summed E-state index contributed by atoms with van der Waals surface area (Å²) in [6.45, 7) is 3.84. The zero-order valence-electron chi connectivity index (χ0n) is 18.8. The fourth-order valence-electron chi connectivity index (χ4n) is 4.72. The fourth-order valence-corrected chi connectivity index (χ4v) is 4.72. The van der Waals surface area contributed by atoms with E-state index in [2.05, 4.69) is 57.0 Å². The standard InChI is InChI=1S/C24H26N10/c25-23-30-10-17(11-31-23)19-3-2-18(12-27-19)24(4-1-5-24)34-15-21(32-16-34)20-13-29-22(14-28-20)33-8-6-26-7-9-33/h2-3,10-16,26H,1,4-9H2,(H2,25,30,31). The van der Waals surface area contributed by atoms with Crippen molar-refractivity contribution in [2.45, 2.75) is 24.8 Å². The molecule has 0 amide bonds. The Labute approximate surface area is 197 Å². The Hall–Kier alpha value is -3.92. The molecule has 5 heterocycles. The van der Waals surface area contributed by atoms with E-state index in [-0.39, 0.29) is 11.5 Å². The largest absolute Gasteiger partial charge is 0.368 e. The van der Waals surface area contributed by atoms with Gasteiger partial charge in [-0.2, -0.15) is 0 Å². The fraction of sp³-hybridized carbons (Fsp3) is 0.333. The second-order valence-corrected chi connectivity index (χ2v) is 8.81. The molecule has 1 aliphatic heterocycles. The summed E-state index contributed by atoms with van der Waals surface area (Å²) in [5, 5.41) is 3.36. The van der Waals surface area contributed by atoms with Gasteiger partial charge in [0.25, 0.3) is 0 Å². The van der Waals surface area contributed by atoms with Gasteiger partial charge in [0.1, 0.15) is 17.2 Å². The van der Waals surface area contributed by atoms with Crippen LogP contribution < -0.4 is 16.0 Å². The normalized spacial score (nSPS) is 17.4. The number of hydrogen-bond acceptors (Lipinski definition) is 9. The van der Waals surface area contributed by atoms with E-state index in [0.29, 0.717) is 0 Å². The molecular weight excluding hydrogens is 428 g/mol. The van der Waals surface area contributed by atoms with Crippen molar-refractivity contribution in [2.24, 2.45) is 0 Å². The lowest BCUT2D eigenvalue weighted by Gasteiger charge is -2.43. The maximum atomic E-state index is 5.60. The average molecular weight is 455 g/mol. The minimum atomic E-state index is -0.136. The first-order chi connectivity index (χ1) is 16.7. The molecule has 10 nitrogen and oxygen atoms in total. The van der Waals surface area contributed by atoms with Gasteiger partial charge in [0.05, 0.1) is 30.0 Å². The van der Waals surface area contributed by atoms with Crippen molar-refractivity contribution in [3.63, 3.8) is 0 Å². The number of imidazole rings is 1. The van der Waals surface area contributed by atoms with Crippen LogP contribution in [0.1, 0.15) is 24.8 Å². The van der Waals surface area contributed by atoms with Crippen LogP contribution in [-0.4, -0.2) is 60.6 Å². The van der Waals surface area contributed by atoms with E-state index < -0.39 is 0 Å². The molecule has 0 aromatic carbocycles. The van der Waals surface area contributed by atoms with Gasteiger partial charge in [-0.3, -0.25) is 4.98 Å². The Kier molecular flexibility index (Phi) is 5.14. The van der Waals surface area contributed by atoms with Crippen molar-refractivity contribution in [1.82, 2.24) is 39.8 Å². The Bertz CT molecular complexity index is 1250. The van der Waals surface area contributed by atoms with E-state index in [0.717, 1.165) is 67.5 Å². The Morgan fingerprint density at radius 3 is 2.24 bits per heavy atom. The highest BCUT2D eigenvalue weighted by atomic mass is 15.2. The van der Waals surface area contributed by atoms with Crippen LogP contribution in [0.2, 0.25) is 0 Å². The monoisotopic (exact) mass is 454 g/mol. The van der Waals surface area contributed by atoms with E-state index >= 15 is 0 Å². The van der Waals surface area contributed by atoms with E-state index in [9.17, 15) is 0 Å². The second-order valence-electron chi connectivity index (χ2n) is 8.81. The van der Waals surface area contributed by atoms with Gasteiger partial charge in [-0.15, -0.1) is 0 Å². The molecule has 1 saturated carbocycles. The van der Waals surface area contributed by atoms with Crippen LogP contribution in [0.5, 0.6) is 0 Å². The number of nitrogens with zero attached hydrogens (tertiary/aromatic N) is 8. The maximum absolute atomic E-state index is 5.60. The topological polar surface area (TPSA) is 124 Å². The van der Waals surface area contributed by atoms with Crippen molar-refractivity contribution in [1.29, 1.82) is 0 Å². The van der Waals surface area contributed by atoms with Gasteiger partial charge in [0.15, 0.2) is 0 Å². The summed E-state index contributed by atoms with van der Waals surface area (Å²) in [5.41, 5.74) is 9.91. The first kappa shape index (κ1) is 20.7.